The summed E-state index contributed by atoms with van der Waals surface area (Å²) in [6.45, 7) is 19.4. The molecule has 0 heteroatoms. The summed E-state index contributed by atoms with van der Waals surface area (Å²) >= 11 is 0. The largest absolute Gasteiger partial charge is 0.0683 e. The van der Waals surface area contributed by atoms with E-state index < -0.39 is 0 Å². The van der Waals surface area contributed by atoms with Crippen LogP contribution in [0.5, 0.6) is 0 Å². The first-order chi connectivity index (χ1) is 11.2. The van der Waals surface area contributed by atoms with Crippen LogP contribution in [-0.4, -0.2) is 0 Å². The molecule has 0 aromatic rings. The van der Waals surface area contributed by atoms with Gasteiger partial charge >= 0.3 is 0 Å². The minimum absolute atomic E-state index is 0.574. The van der Waals surface area contributed by atoms with Crippen LogP contribution >= 0.6 is 0 Å². The van der Waals surface area contributed by atoms with Crippen molar-refractivity contribution in [3.05, 3.63) is 0 Å². The van der Waals surface area contributed by atoms with E-state index in [2.05, 4.69) is 41.5 Å². The summed E-state index contributed by atoms with van der Waals surface area (Å²) in [6, 6.07) is 0. The molecule has 0 aliphatic heterocycles. The molecule has 3 fully saturated rings. The van der Waals surface area contributed by atoms with Gasteiger partial charge in [0, 0.05) is 0 Å². The van der Waals surface area contributed by atoms with E-state index in [-0.39, 0.29) is 0 Å². The lowest BCUT2D eigenvalue weighted by molar-refractivity contribution is -0.157. The standard InChI is InChI=1S/C22H40.C2H6/c1-7-8-17-9-14-22(6)19-11-12-20(3,4)16(2)18(19)10-13-21(22,5)15-17;1-2/h16-19H,7-15H2,1-6H3;1-2H3. The summed E-state index contributed by atoms with van der Waals surface area (Å²) in [7, 11) is 0. The quantitative estimate of drug-likeness (QED) is 0.478. The molecule has 0 spiro atoms. The molecule has 6 unspecified atom stereocenters. The summed E-state index contributed by atoms with van der Waals surface area (Å²) in [6.07, 6.45) is 13.4. The summed E-state index contributed by atoms with van der Waals surface area (Å²) in [4.78, 5) is 0. The van der Waals surface area contributed by atoms with Crippen molar-refractivity contribution in [3.63, 3.8) is 0 Å². The topological polar surface area (TPSA) is 0 Å². The molecule has 0 heterocycles. The molecule has 0 amide bonds. The highest BCUT2D eigenvalue weighted by atomic mass is 14.6. The molecule has 142 valence electrons. The molecule has 0 N–H and O–H groups in total. The van der Waals surface area contributed by atoms with Crippen LogP contribution in [0.25, 0.3) is 0 Å². The zero-order valence-electron chi connectivity index (χ0n) is 18.2. The third-order valence-corrected chi connectivity index (χ3v) is 9.23. The fraction of sp³-hybridized carbons (Fsp3) is 1.00. The maximum atomic E-state index is 2.71. The van der Waals surface area contributed by atoms with E-state index >= 15 is 0 Å². The molecule has 3 rings (SSSR count). The molecule has 0 nitrogen and oxygen atoms in total. The zero-order chi connectivity index (χ0) is 18.2. The number of rotatable bonds is 2. The van der Waals surface area contributed by atoms with Gasteiger partial charge in [-0.2, -0.15) is 0 Å². The average Bonchev–Trinajstić information content (AvgIpc) is 2.54. The Morgan fingerprint density at radius 3 is 2.17 bits per heavy atom. The molecule has 0 aromatic carbocycles. The van der Waals surface area contributed by atoms with Crippen LogP contribution in [0.3, 0.4) is 0 Å². The molecule has 0 radical (unpaired) electrons. The predicted octanol–water partition coefficient (Wildman–Crippen LogP) is 8.11. The highest BCUT2D eigenvalue weighted by Gasteiger charge is 2.59. The van der Waals surface area contributed by atoms with E-state index in [1.54, 1.807) is 0 Å². The number of fused-ring (bicyclic) bond motifs is 3. The van der Waals surface area contributed by atoms with Gasteiger partial charge in [0.2, 0.25) is 0 Å². The van der Waals surface area contributed by atoms with E-state index in [0.717, 1.165) is 23.7 Å². The van der Waals surface area contributed by atoms with Gasteiger partial charge in [0.15, 0.2) is 0 Å². The molecule has 3 aliphatic carbocycles. The third kappa shape index (κ3) is 3.21. The summed E-state index contributed by atoms with van der Waals surface area (Å²) in [5, 5.41) is 0. The van der Waals surface area contributed by atoms with Gasteiger partial charge in [-0.25, -0.2) is 0 Å². The highest BCUT2D eigenvalue weighted by Crippen LogP contribution is 2.68. The second kappa shape index (κ2) is 7.32. The first kappa shape index (κ1) is 20.3. The lowest BCUT2D eigenvalue weighted by Crippen LogP contribution is -2.57. The Kier molecular flexibility index (Phi) is 6.19. The number of hydrogen-bond acceptors (Lipinski definition) is 0. The van der Waals surface area contributed by atoms with Crippen LogP contribution < -0.4 is 0 Å². The molecule has 6 atom stereocenters. The van der Waals surface area contributed by atoms with E-state index in [4.69, 9.17) is 0 Å². The Morgan fingerprint density at radius 2 is 1.54 bits per heavy atom. The summed E-state index contributed by atoms with van der Waals surface area (Å²) in [5.41, 5.74) is 1.84. The lowest BCUT2D eigenvalue weighted by Gasteiger charge is -2.65. The minimum Gasteiger partial charge on any atom is -0.0683 e. The van der Waals surface area contributed by atoms with Crippen molar-refractivity contribution >= 4 is 0 Å². The molecular formula is C24H46. The molecule has 3 saturated carbocycles. The van der Waals surface area contributed by atoms with Gasteiger partial charge in [-0.3, -0.25) is 0 Å². The Morgan fingerprint density at radius 1 is 0.875 bits per heavy atom. The monoisotopic (exact) mass is 334 g/mol. The lowest BCUT2D eigenvalue weighted by atomic mass is 9.40. The third-order valence-electron chi connectivity index (χ3n) is 9.23. The zero-order valence-corrected chi connectivity index (χ0v) is 18.2. The van der Waals surface area contributed by atoms with Gasteiger partial charge in [0.1, 0.15) is 0 Å². The smallest absolute Gasteiger partial charge is 0.0241 e. The molecular weight excluding hydrogens is 288 g/mol. The van der Waals surface area contributed by atoms with Crippen LogP contribution in [-0.2, 0) is 0 Å². The van der Waals surface area contributed by atoms with Crippen LogP contribution in [0.1, 0.15) is 113 Å². The van der Waals surface area contributed by atoms with Gasteiger partial charge in [-0.1, -0.05) is 68.2 Å². The van der Waals surface area contributed by atoms with Crippen molar-refractivity contribution in [2.45, 2.75) is 113 Å². The Hall–Kier alpha value is 0. The minimum atomic E-state index is 0.574. The molecule has 3 aliphatic rings. The first-order valence-corrected chi connectivity index (χ1v) is 11.2. The SMILES string of the molecule is CC.CCCC1CCC2(C)C3CCC(C)(C)C(C)C3CCC2(C)C1. The van der Waals surface area contributed by atoms with Crippen LogP contribution in [0, 0.1) is 39.9 Å². The first-order valence-electron chi connectivity index (χ1n) is 11.2. The van der Waals surface area contributed by atoms with Crippen LogP contribution in [0.4, 0.5) is 0 Å². The maximum Gasteiger partial charge on any atom is -0.0241 e. The van der Waals surface area contributed by atoms with Gasteiger partial charge in [0.25, 0.3) is 0 Å². The highest BCUT2D eigenvalue weighted by molar-refractivity contribution is 5.09. The van der Waals surface area contributed by atoms with Gasteiger partial charge in [0.05, 0.1) is 0 Å². The normalized spacial score (nSPS) is 47.0. The van der Waals surface area contributed by atoms with E-state index in [1.807, 2.05) is 13.8 Å². The van der Waals surface area contributed by atoms with Crippen molar-refractivity contribution in [2.24, 2.45) is 39.9 Å². The Bertz CT molecular complexity index is 408. The maximum absolute atomic E-state index is 2.71. The van der Waals surface area contributed by atoms with E-state index in [9.17, 15) is 0 Å². The Balaban J connectivity index is 0.00000100. The van der Waals surface area contributed by atoms with Crippen LogP contribution in [0.2, 0.25) is 0 Å². The van der Waals surface area contributed by atoms with Crippen molar-refractivity contribution in [2.75, 3.05) is 0 Å². The molecule has 0 saturated heterocycles. The second-order valence-corrected chi connectivity index (χ2v) is 10.5. The molecule has 24 heavy (non-hydrogen) atoms. The van der Waals surface area contributed by atoms with Gasteiger partial charge < -0.3 is 0 Å². The molecule has 0 bridgehead atoms. The molecule has 0 aromatic heterocycles. The van der Waals surface area contributed by atoms with Crippen LogP contribution in [0.15, 0.2) is 0 Å². The van der Waals surface area contributed by atoms with E-state index in [1.165, 1.54) is 57.8 Å². The van der Waals surface area contributed by atoms with Gasteiger partial charge in [-0.05, 0) is 84.9 Å². The van der Waals surface area contributed by atoms with Crippen molar-refractivity contribution in [1.82, 2.24) is 0 Å². The van der Waals surface area contributed by atoms with Crippen molar-refractivity contribution in [3.8, 4) is 0 Å². The van der Waals surface area contributed by atoms with E-state index in [0.29, 0.717) is 16.2 Å². The predicted molar refractivity (Wildman–Crippen MR) is 108 cm³/mol. The Labute approximate surface area is 153 Å². The number of hydrogen-bond donors (Lipinski definition) is 0. The van der Waals surface area contributed by atoms with Gasteiger partial charge in [-0.15, -0.1) is 0 Å². The van der Waals surface area contributed by atoms with Crippen molar-refractivity contribution in [1.29, 1.82) is 0 Å². The fourth-order valence-electron chi connectivity index (χ4n) is 7.08. The average molecular weight is 335 g/mol. The summed E-state index contributed by atoms with van der Waals surface area (Å²) in [5.74, 6) is 3.96. The van der Waals surface area contributed by atoms with Crippen molar-refractivity contribution < 1.29 is 0 Å². The second-order valence-electron chi connectivity index (χ2n) is 10.5. The fourth-order valence-corrected chi connectivity index (χ4v) is 7.08. The summed E-state index contributed by atoms with van der Waals surface area (Å²) < 4.78 is 0.